The summed E-state index contributed by atoms with van der Waals surface area (Å²) in [5.74, 6) is 1.11. The second-order valence-electron chi connectivity index (χ2n) is 6.89. The Bertz CT molecular complexity index is 880. The highest BCUT2D eigenvalue weighted by atomic mass is 79.9. The SMILES string of the molecule is CCOc1cc([C@H]2NC(=O)c3c(sc4c3CC[C@@H](C)C4)N2)cc(Br)c1O. The second-order valence-corrected chi connectivity index (χ2v) is 8.85. The molecule has 0 bridgehead atoms. The van der Waals surface area contributed by atoms with Crippen LogP contribution in [0.15, 0.2) is 16.6 Å². The lowest BCUT2D eigenvalue weighted by molar-refractivity contribution is 0.0935. The fourth-order valence-electron chi connectivity index (χ4n) is 3.66. The van der Waals surface area contributed by atoms with Gasteiger partial charge in [-0.3, -0.25) is 4.79 Å². The number of rotatable bonds is 3. The molecule has 0 unspecified atom stereocenters. The fraction of sp³-hybridized carbons (Fsp3) is 0.421. The molecule has 1 aromatic carbocycles. The van der Waals surface area contributed by atoms with Crippen molar-refractivity contribution in [3.05, 3.63) is 38.2 Å². The molecular weight excluding hydrogens is 416 g/mol. The standard InChI is InChI=1S/C19H21BrN2O3S/c1-3-25-13-8-10(7-12(20)16(13)23)17-21-18(24)15-11-5-4-9(2)6-14(11)26-19(15)22-17/h7-9,17,22-23H,3-6H2,1-2H3,(H,21,24)/t9-,17+/m1/s1. The zero-order chi connectivity index (χ0) is 18.4. The molecule has 0 fully saturated rings. The van der Waals surface area contributed by atoms with Gasteiger partial charge >= 0.3 is 0 Å². The third kappa shape index (κ3) is 2.97. The average molecular weight is 437 g/mol. The van der Waals surface area contributed by atoms with Crippen molar-refractivity contribution in [1.29, 1.82) is 0 Å². The number of phenolic OH excluding ortho intramolecular Hbond substituents is 1. The van der Waals surface area contributed by atoms with Gasteiger partial charge in [0.05, 0.1) is 16.6 Å². The number of fused-ring (bicyclic) bond motifs is 3. The van der Waals surface area contributed by atoms with Gasteiger partial charge in [0.2, 0.25) is 0 Å². The summed E-state index contributed by atoms with van der Waals surface area (Å²) >= 11 is 5.07. The van der Waals surface area contributed by atoms with Crippen LogP contribution in [0, 0.1) is 5.92 Å². The van der Waals surface area contributed by atoms with E-state index >= 15 is 0 Å². The highest BCUT2D eigenvalue weighted by Crippen LogP contribution is 2.44. The molecule has 0 radical (unpaired) electrons. The molecule has 2 aromatic rings. The molecule has 2 heterocycles. The number of anilines is 1. The van der Waals surface area contributed by atoms with E-state index in [0.29, 0.717) is 22.7 Å². The van der Waals surface area contributed by atoms with Gasteiger partial charge in [-0.05, 0) is 71.3 Å². The van der Waals surface area contributed by atoms with E-state index in [1.807, 2.05) is 6.92 Å². The van der Waals surface area contributed by atoms with Gasteiger partial charge in [0.1, 0.15) is 11.2 Å². The number of carbonyl (C=O) groups is 1. The van der Waals surface area contributed by atoms with Crippen molar-refractivity contribution in [2.75, 3.05) is 11.9 Å². The van der Waals surface area contributed by atoms with E-state index in [4.69, 9.17) is 4.74 Å². The molecule has 138 valence electrons. The molecule has 26 heavy (non-hydrogen) atoms. The predicted molar refractivity (Wildman–Crippen MR) is 106 cm³/mol. The Kier molecular flexibility index (Phi) is 4.61. The van der Waals surface area contributed by atoms with Crippen LogP contribution in [-0.4, -0.2) is 17.6 Å². The lowest BCUT2D eigenvalue weighted by Crippen LogP contribution is -2.38. The number of nitrogens with one attached hydrogen (secondary N) is 2. The van der Waals surface area contributed by atoms with Crippen molar-refractivity contribution in [3.8, 4) is 11.5 Å². The quantitative estimate of drug-likeness (QED) is 0.657. The van der Waals surface area contributed by atoms with Gasteiger partial charge in [0.25, 0.3) is 5.91 Å². The Balaban J connectivity index is 1.69. The Morgan fingerprint density at radius 1 is 1.38 bits per heavy atom. The van der Waals surface area contributed by atoms with Crippen molar-refractivity contribution in [2.24, 2.45) is 5.92 Å². The zero-order valence-corrected chi connectivity index (χ0v) is 17.1. The summed E-state index contributed by atoms with van der Waals surface area (Å²) in [4.78, 5) is 14.1. The number of hydrogen-bond donors (Lipinski definition) is 3. The molecule has 0 saturated carbocycles. The molecule has 1 aliphatic heterocycles. The number of thiophene rings is 1. The zero-order valence-electron chi connectivity index (χ0n) is 14.7. The minimum absolute atomic E-state index is 0.0297. The van der Waals surface area contributed by atoms with Gasteiger partial charge < -0.3 is 20.5 Å². The summed E-state index contributed by atoms with van der Waals surface area (Å²) in [7, 11) is 0. The molecule has 2 atom stereocenters. The molecule has 1 aliphatic carbocycles. The van der Waals surface area contributed by atoms with Gasteiger partial charge in [0, 0.05) is 4.88 Å². The number of carbonyl (C=O) groups excluding carboxylic acids is 1. The largest absolute Gasteiger partial charge is 0.503 e. The molecule has 2 aliphatic rings. The number of aromatic hydroxyl groups is 1. The maximum atomic E-state index is 12.8. The summed E-state index contributed by atoms with van der Waals surface area (Å²) < 4.78 is 6.05. The van der Waals surface area contributed by atoms with E-state index in [1.165, 1.54) is 10.4 Å². The number of benzene rings is 1. The predicted octanol–water partition coefficient (Wildman–Crippen LogP) is 4.59. The number of ether oxygens (including phenoxy) is 1. The maximum Gasteiger partial charge on any atom is 0.256 e. The number of hydrogen-bond acceptors (Lipinski definition) is 5. The van der Waals surface area contributed by atoms with Crippen LogP contribution < -0.4 is 15.4 Å². The smallest absolute Gasteiger partial charge is 0.256 e. The van der Waals surface area contributed by atoms with E-state index in [2.05, 4.69) is 33.5 Å². The molecule has 3 N–H and O–H groups in total. The Hall–Kier alpha value is -1.73. The highest BCUT2D eigenvalue weighted by molar-refractivity contribution is 9.10. The Morgan fingerprint density at radius 2 is 2.19 bits per heavy atom. The van der Waals surface area contributed by atoms with Crippen LogP contribution in [0.2, 0.25) is 0 Å². The lowest BCUT2D eigenvalue weighted by atomic mass is 9.88. The molecule has 4 rings (SSSR count). The van der Waals surface area contributed by atoms with E-state index < -0.39 is 0 Å². The van der Waals surface area contributed by atoms with Crippen LogP contribution in [0.3, 0.4) is 0 Å². The van der Waals surface area contributed by atoms with Crippen molar-refractivity contribution >= 4 is 38.2 Å². The van der Waals surface area contributed by atoms with Gasteiger partial charge in [-0.15, -0.1) is 11.3 Å². The molecule has 7 heteroatoms. The van der Waals surface area contributed by atoms with E-state index in [0.717, 1.165) is 35.4 Å². The molecule has 5 nitrogen and oxygen atoms in total. The van der Waals surface area contributed by atoms with Crippen LogP contribution in [0.5, 0.6) is 11.5 Å². The summed E-state index contributed by atoms with van der Waals surface area (Å²) in [5, 5.41) is 17.6. The minimum atomic E-state index is -0.358. The lowest BCUT2D eigenvalue weighted by Gasteiger charge is -2.27. The van der Waals surface area contributed by atoms with Gasteiger partial charge in [-0.25, -0.2) is 0 Å². The van der Waals surface area contributed by atoms with Crippen molar-refractivity contribution < 1.29 is 14.6 Å². The van der Waals surface area contributed by atoms with E-state index in [-0.39, 0.29) is 17.8 Å². The van der Waals surface area contributed by atoms with Crippen molar-refractivity contribution in [1.82, 2.24) is 5.32 Å². The van der Waals surface area contributed by atoms with Crippen LogP contribution in [0.25, 0.3) is 0 Å². The molecular formula is C19H21BrN2O3S. The normalized spacial score (nSPS) is 21.4. The third-order valence-electron chi connectivity index (χ3n) is 4.97. The average Bonchev–Trinajstić information content (AvgIpc) is 2.96. The topological polar surface area (TPSA) is 70.6 Å². The van der Waals surface area contributed by atoms with E-state index in [1.54, 1.807) is 23.5 Å². The van der Waals surface area contributed by atoms with Crippen molar-refractivity contribution in [2.45, 2.75) is 39.3 Å². The maximum absolute atomic E-state index is 12.8. The molecule has 0 saturated heterocycles. The molecule has 0 spiro atoms. The second kappa shape index (κ2) is 6.78. The summed E-state index contributed by atoms with van der Waals surface area (Å²) in [6, 6.07) is 3.57. The Morgan fingerprint density at radius 3 is 2.96 bits per heavy atom. The van der Waals surface area contributed by atoms with Crippen LogP contribution in [-0.2, 0) is 12.8 Å². The first-order valence-electron chi connectivity index (χ1n) is 8.85. The highest BCUT2D eigenvalue weighted by Gasteiger charge is 2.33. The molecule has 1 aromatic heterocycles. The fourth-order valence-corrected chi connectivity index (χ4v) is 5.55. The van der Waals surface area contributed by atoms with Gasteiger partial charge in [-0.2, -0.15) is 0 Å². The van der Waals surface area contributed by atoms with Gasteiger partial charge in [-0.1, -0.05) is 6.92 Å². The van der Waals surface area contributed by atoms with Crippen LogP contribution in [0.1, 0.15) is 52.8 Å². The summed E-state index contributed by atoms with van der Waals surface area (Å²) in [6.07, 6.45) is 2.80. The summed E-state index contributed by atoms with van der Waals surface area (Å²) in [6.45, 7) is 4.58. The minimum Gasteiger partial charge on any atom is -0.503 e. The third-order valence-corrected chi connectivity index (χ3v) is 6.76. The monoisotopic (exact) mass is 436 g/mol. The first-order valence-corrected chi connectivity index (χ1v) is 10.5. The number of halogens is 1. The van der Waals surface area contributed by atoms with Gasteiger partial charge in [0.15, 0.2) is 11.5 Å². The summed E-state index contributed by atoms with van der Waals surface area (Å²) in [5.41, 5.74) is 2.86. The van der Waals surface area contributed by atoms with Crippen LogP contribution >= 0.6 is 27.3 Å². The van der Waals surface area contributed by atoms with Crippen molar-refractivity contribution in [3.63, 3.8) is 0 Å². The molecule has 1 amide bonds. The van der Waals surface area contributed by atoms with E-state index in [9.17, 15) is 9.90 Å². The first-order chi connectivity index (χ1) is 12.5. The number of amides is 1. The Labute approximate surface area is 164 Å². The van der Waals surface area contributed by atoms with Crippen LogP contribution in [0.4, 0.5) is 5.00 Å². The first kappa shape index (κ1) is 17.7. The number of phenols is 1.